The molecule has 0 aliphatic carbocycles. The van der Waals surface area contributed by atoms with Crippen LogP contribution < -0.4 is 4.90 Å². The Morgan fingerprint density at radius 2 is 2.17 bits per heavy atom. The van der Waals surface area contributed by atoms with Gasteiger partial charge in [-0.15, -0.1) is 0 Å². The number of carboxylic acid groups (broad SMARTS) is 1. The lowest BCUT2D eigenvalue weighted by atomic mass is 10.1. The minimum Gasteiger partial charge on any atom is -0.481 e. The topological polar surface area (TPSA) is 66.3 Å². The van der Waals surface area contributed by atoms with Crippen LogP contribution in [0.1, 0.15) is 12.0 Å². The number of hydrogen-bond donors (Lipinski definition) is 1. The molecular weight excluding hydrogens is 230 g/mol. The predicted molar refractivity (Wildman–Crippen MR) is 69.8 cm³/mol. The molecular formula is C13H15N3O2. The third-order valence-corrected chi connectivity index (χ3v) is 2.87. The van der Waals surface area contributed by atoms with Gasteiger partial charge in [-0.2, -0.15) is 0 Å². The van der Waals surface area contributed by atoms with Gasteiger partial charge in [-0.1, -0.05) is 12.1 Å². The fraction of sp³-hybridized carbons (Fsp3) is 0.308. The molecule has 2 rings (SSSR count). The first-order valence-electron chi connectivity index (χ1n) is 5.73. The smallest absolute Gasteiger partial charge is 0.305 e. The molecule has 0 radical (unpaired) electrons. The zero-order valence-electron chi connectivity index (χ0n) is 10.4. The van der Waals surface area contributed by atoms with Crippen LogP contribution in [0.5, 0.6) is 0 Å². The van der Waals surface area contributed by atoms with E-state index in [9.17, 15) is 4.79 Å². The van der Waals surface area contributed by atoms with Crippen LogP contribution in [-0.4, -0.2) is 34.6 Å². The number of hydrogen-bond acceptors (Lipinski definition) is 4. The van der Waals surface area contributed by atoms with Crippen molar-refractivity contribution in [3.8, 4) is 0 Å². The largest absolute Gasteiger partial charge is 0.481 e. The van der Waals surface area contributed by atoms with Gasteiger partial charge in [-0.05, 0) is 18.6 Å². The van der Waals surface area contributed by atoms with E-state index >= 15 is 0 Å². The van der Waals surface area contributed by atoms with Crippen molar-refractivity contribution >= 4 is 22.7 Å². The first-order chi connectivity index (χ1) is 8.59. The van der Waals surface area contributed by atoms with Crippen LogP contribution in [0.2, 0.25) is 0 Å². The first-order valence-corrected chi connectivity index (χ1v) is 5.73. The molecule has 5 heteroatoms. The highest BCUT2D eigenvalue weighted by molar-refractivity contribution is 5.92. The number of aryl methyl sites for hydroxylation is 1. The minimum atomic E-state index is -0.808. The maximum absolute atomic E-state index is 10.6. The Bertz CT molecular complexity index is 578. The molecule has 18 heavy (non-hydrogen) atoms. The summed E-state index contributed by atoms with van der Waals surface area (Å²) in [6, 6.07) is 5.88. The van der Waals surface area contributed by atoms with E-state index in [0.29, 0.717) is 6.54 Å². The summed E-state index contributed by atoms with van der Waals surface area (Å²) in [5.74, 6) is -0.0312. The van der Waals surface area contributed by atoms with Crippen molar-refractivity contribution in [1.29, 1.82) is 0 Å². The molecule has 0 spiro atoms. The second kappa shape index (κ2) is 5.00. The summed E-state index contributed by atoms with van der Waals surface area (Å²) in [4.78, 5) is 21.0. The van der Waals surface area contributed by atoms with Crippen LogP contribution in [0.25, 0.3) is 10.9 Å². The third kappa shape index (κ3) is 2.40. The lowest BCUT2D eigenvalue weighted by Gasteiger charge is -2.19. The van der Waals surface area contributed by atoms with Gasteiger partial charge in [0.15, 0.2) is 0 Å². The van der Waals surface area contributed by atoms with Crippen LogP contribution in [0, 0.1) is 6.92 Å². The van der Waals surface area contributed by atoms with Crippen LogP contribution in [0.3, 0.4) is 0 Å². The summed E-state index contributed by atoms with van der Waals surface area (Å²) < 4.78 is 0. The number of anilines is 1. The van der Waals surface area contributed by atoms with Crippen molar-refractivity contribution in [2.75, 3.05) is 18.5 Å². The quantitative estimate of drug-likeness (QED) is 0.890. The van der Waals surface area contributed by atoms with Gasteiger partial charge >= 0.3 is 5.97 Å². The lowest BCUT2D eigenvalue weighted by Crippen LogP contribution is -2.22. The zero-order valence-corrected chi connectivity index (χ0v) is 10.4. The standard InChI is InChI=1S/C13H15N3O2/c1-9-4-3-5-10-12(9)13(15-8-14-10)16(2)7-6-11(17)18/h3-5,8H,6-7H2,1-2H3,(H,17,18). The van der Waals surface area contributed by atoms with Crippen molar-refractivity contribution in [1.82, 2.24) is 9.97 Å². The normalized spacial score (nSPS) is 10.6. The molecule has 0 saturated heterocycles. The highest BCUT2D eigenvalue weighted by Crippen LogP contribution is 2.25. The number of aromatic nitrogens is 2. The second-order valence-electron chi connectivity index (χ2n) is 4.23. The summed E-state index contributed by atoms with van der Waals surface area (Å²) in [6.07, 6.45) is 1.60. The average molecular weight is 245 g/mol. The number of rotatable bonds is 4. The Morgan fingerprint density at radius 3 is 2.89 bits per heavy atom. The van der Waals surface area contributed by atoms with Gasteiger partial charge in [0, 0.05) is 19.0 Å². The van der Waals surface area contributed by atoms with Gasteiger partial charge in [0.25, 0.3) is 0 Å². The van der Waals surface area contributed by atoms with Gasteiger partial charge in [-0.3, -0.25) is 4.79 Å². The second-order valence-corrected chi connectivity index (χ2v) is 4.23. The molecule has 0 unspecified atom stereocenters. The molecule has 0 saturated carbocycles. The van der Waals surface area contributed by atoms with Crippen LogP contribution in [0.4, 0.5) is 5.82 Å². The Balaban J connectivity index is 2.41. The maximum atomic E-state index is 10.6. The van der Waals surface area contributed by atoms with Crippen LogP contribution in [-0.2, 0) is 4.79 Å². The lowest BCUT2D eigenvalue weighted by molar-refractivity contribution is -0.136. The highest BCUT2D eigenvalue weighted by Gasteiger charge is 2.11. The summed E-state index contributed by atoms with van der Waals surface area (Å²) >= 11 is 0. The van der Waals surface area contributed by atoms with Crippen LogP contribution >= 0.6 is 0 Å². The van der Waals surface area contributed by atoms with Gasteiger partial charge in [0.05, 0.1) is 11.9 Å². The summed E-state index contributed by atoms with van der Waals surface area (Å²) in [7, 11) is 1.84. The van der Waals surface area contributed by atoms with Crippen molar-refractivity contribution in [2.24, 2.45) is 0 Å². The Kier molecular flexibility index (Phi) is 3.41. The third-order valence-electron chi connectivity index (χ3n) is 2.87. The van der Waals surface area contributed by atoms with E-state index in [1.165, 1.54) is 6.33 Å². The van der Waals surface area contributed by atoms with Crippen molar-refractivity contribution in [3.63, 3.8) is 0 Å². The minimum absolute atomic E-state index is 0.0911. The van der Waals surface area contributed by atoms with Crippen LogP contribution in [0.15, 0.2) is 24.5 Å². The van der Waals surface area contributed by atoms with E-state index in [2.05, 4.69) is 9.97 Å². The average Bonchev–Trinajstić information content (AvgIpc) is 2.35. The monoisotopic (exact) mass is 245 g/mol. The molecule has 0 aliphatic heterocycles. The summed E-state index contributed by atoms with van der Waals surface area (Å²) in [5, 5.41) is 9.70. The molecule has 2 aromatic rings. The van der Waals surface area contributed by atoms with Gasteiger partial charge < -0.3 is 10.0 Å². The number of aliphatic carboxylic acids is 1. The first kappa shape index (κ1) is 12.3. The molecule has 0 aliphatic rings. The van der Waals surface area contributed by atoms with E-state index in [4.69, 9.17) is 5.11 Å². The molecule has 0 fully saturated rings. The number of nitrogens with zero attached hydrogens (tertiary/aromatic N) is 3. The van der Waals surface area contributed by atoms with Gasteiger partial charge in [0.1, 0.15) is 12.1 Å². The molecule has 0 atom stereocenters. The van der Waals surface area contributed by atoms with Crippen molar-refractivity contribution < 1.29 is 9.90 Å². The fourth-order valence-corrected chi connectivity index (χ4v) is 1.92. The molecule has 1 aromatic heterocycles. The summed E-state index contributed by atoms with van der Waals surface area (Å²) in [5.41, 5.74) is 1.97. The van der Waals surface area contributed by atoms with Crippen molar-refractivity contribution in [3.05, 3.63) is 30.1 Å². The number of carboxylic acids is 1. The van der Waals surface area contributed by atoms with Crippen molar-refractivity contribution in [2.45, 2.75) is 13.3 Å². The van der Waals surface area contributed by atoms with E-state index in [-0.39, 0.29) is 6.42 Å². The SMILES string of the molecule is Cc1cccc2ncnc(N(C)CCC(=O)O)c12. The number of carbonyl (C=O) groups is 1. The zero-order chi connectivity index (χ0) is 13.1. The Hall–Kier alpha value is -2.17. The maximum Gasteiger partial charge on any atom is 0.305 e. The van der Waals surface area contributed by atoms with E-state index in [1.54, 1.807) is 0 Å². The van der Waals surface area contributed by atoms with E-state index in [0.717, 1.165) is 22.3 Å². The molecule has 0 bridgehead atoms. The fourth-order valence-electron chi connectivity index (χ4n) is 1.92. The van der Waals surface area contributed by atoms with E-state index in [1.807, 2.05) is 37.1 Å². The molecule has 94 valence electrons. The Morgan fingerprint density at radius 1 is 1.39 bits per heavy atom. The number of fused-ring (bicyclic) bond motifs is 1. The van der Waals surface area contributed by atoms with Gasteiger partial charge in [-0.25, -0.2) is 9.97 Å². The molecule has 1 aromatic carbocycles. The molecule has 1 heterocycles. The van der Waals surface area contributed by atoms with Gasteiger partial charge in [0.2, 0.25) is 0 Å². The molecule has 5 nitrogen and oxygen atoms in total. The highest BCUT2D eigenvalue weighted by atomic mass is 16.4. The summed E-state index contributed by atoms with van der Waals surface area (Å²) in [6.45, 7) is 2.43. The van der Waals surface area contributed by atoms with E-state index < -0.39 is 5.97 Å². The molecule has 0 amide bonds. The molecule has 1 N–H and O–H groups in total. The number of benzene rings is 1. The predicted octanol–water partition coefficient (Wildman–Crippen LogP) is 1.85. The Labute approximate surface area is 105 Å².